The molecule has 0 fully saturated rings. The fourth-order valence-electron chi connectivity index (χ4n) is 2.36. The number of nitrogens with one attached hydrogen (secondary N) is 1. The number of aryl methyl sites for hydroxylation is 1. The molecule has 0 atom stereocenters. The molecule has 0 bridgehead atoms. The predicted molar refractivity (Wildman–Crippen MR) is 107 cm³/mol. The highest BCUT2D eigenvalue weighted by Gasteiger charge is 2.08. The molecule has 1 N–H and O–H groups in total. The third kappa shape index (κ3) is 4.71. The number of aromatic nitrogens is 2. The molecular weight excluding hydrogens is 362 g/mol. The number of amides is 1. The zero-order chi connectivity index (χ0) is 19.2. The standard InChI is InChI=1S/C20H19N3O3S/c1-13-4-8-15(9-5-13)19-22-23-20(27-19)21-18(24)11-7-14-6-10-16(25-2)17(12-14)26-3/h4-12H,1-3H3,(H,21,23,24). The van der Waals surface area contributed by atoms with Gasteiger partial charge in [0, 0.05) is 11.6 Å². The number of hydrogen-bond acceptors (Lipinski definition) is 6. The maximum absolute atomic E-state index is 12.1. The fraction of sp³-hybridized carbons (Fsp3) is 0.150. The number of carbonyl (C=O) groups is 1. The molecule has 3 aromatic rings. The van der Waals surface area contributed by atoms with E-state index in [1.54, 1.807) is 32.4 Å². The van der Waals surface area contributed by atoms with Crippen LogP contribution in [0.3, 0.4) is 0 Å². The fourth-order valence-corrected chi connectivity index (χ4v) is 3.11. The molecule has 0 radical (unpaired) electrons. The van der Waals surface area contributed by atoms with Crippen molar-refractivity contribution in [1.29, 1.82) is 0 Å². The average Bonchev–Trinajstić information content (AvgIpc) is 3.15. The van der Waals surface area contributed by atoms with Crippen LogP contribution in [0.2, 0.25) is 0 Å². The number of carbonyl (C=O) groups excluding carboxylic acids is 1. The van der Waals surface area contributed by atoms with Crippen molar-refractivity contribution in [3.63, 3.8) is 0 Å². The van der Waals surface area contributed by atoms with Crippen molar-refractivity contribution in [3.05, 3.63) is 59.7 Å². The lowest BCUT2D eigenvalue weighted by atomic mass is 10.2. The number of anilines is 1. The smallest absolute Gasteiger partial charge is 0.250 e. The Hall–Kier alpha value is -3.19. The Labute approximate surface area is 161 Å². The average molecular weight is 381 g/mol. The number of ether oxygens (including phenoxy) is 2. The summed E-state index contributed by atoms with van der Waals surface area (Å²) in [7, 11) is 3.15. The molecule has 0 aliphatic rings. The first-order valence-electron chi connectivity index (χ1n) is 8.20. The summed E-state index contributed by atoms with van der Waals surface area (Å²) in [6.07, 6.45) is 3.13. The summed E-state index contributed by atoms with van der Waals surface area (Å²) in [4.78, 5) is 12.1. The summed E-state index contributed by atoms with van der Waals surface area (Å²) >= 11 is 1.33. The number of nitrogens with zero attached hydrogens (tertiary/aromatic N) is 2. The van der Waals surface area contributed by atoms with Gasteiger partial charge in [-0.25, -0.2) is 0 Å². The zero-order valence-corrected chi connectivity index (χ0v) is 16.0. The van der Waals surface area contributed by atoms with Gasteiger partial charge in [0.25, 0.3) is 0 Å². The van der Waals surface area contributed by atoms with Crippen molar-refractivity contribution in [2.45, 2.75) is 6.92 Å². The summed E-state index contributed by atoms with van der Waals surface area (Å²) in [5, 5.41) is 12.1. The summed E-state index contributed by atoms with van der Waals surface area (Å²) in [6.45, 7) is 2.03. The Kier molecular flexibility index (Phi) is 5.83. The number of rotatable bonds is 6. The summed E-state index contributed by atoms with van der Waals surface area (Å²) in [6, 6.07) is 13.4. The third-order valence-corrected chi connectivity index (χ3v) is 4.68. The van der Waals surface area contributed by atoms with Gasteiger partial charge in [0.1, 0.15) is 5.01 Å². The first kappa shape index (κ1) is 18.6. The molecule has 0 saturated heterocycles. The van der Waals surface area contributed by atoms with E-state index < -0.39 is 0 Å². The molecule has 1 heterocycles. The molecule has 27 heavy (non-hydrogen) atoms. The van der Waals surface area contributed by atoms with Gasteiger partial charge in [-0.2, -0.15) is 0 Å². The third-order valence-electron chi connectivity index (χ3n) is 3.79. The Morgan fingerprint density at radius 1 is 1.04 bits per heavy atom. The minimum atomic E-state index is -0.281. The van der Waals surface area contributed by atoms with Crippen molar-refractivity contribution in [3.8, 4) is 22.1 Å². The largest absolute Gasteiger partial charge is 0.493 e. The van der Waals surface area contributed by atoms with Gasteiger partial charge < -0.3 is 9.47 Å². The van der Waals surface area contributed by atoms with E-state index in [1.165, 1.54) is 23.0 Å². The van der Waals surface area contributed by atoms with E-state index in [0.29, 0.717) is 16.6 Å². The molecule has 7 heteroatoms. The molecule has 0 spiro atoms. The van der Waals surface area contributed by atoms with Gasteiger partial charge in [-0.1, -0.05) is 47.2 Å². The van der Waals surface area contributed by atoms with E-state index >= 15 is 0 Å². The Balaban J connectivity index is 1.66. The molecule has 6 nitrogen and oxygen atoms in total. The van der Waals surface area contributed by atoms with Crippen molar-refractivity contribution in [2.24, 2.45) is 0 Å². The highest BCUT2D eigenvalue weighted by molar-refractivity contribution is 7.18. The highest BCUT2D eigenvalue weighted by atomic mass is 32.1. The Bertz CT molecular complexity index is 965. The van der Waals surface area contributed by atoms with Crippen molar-refractivity contribution in [2.75, 3.05) is 19.5 Å². The van der Waals surface area contributed by atoms with E-state index in [9.17, 15) is 4.79 Å². The topological polar surface area (TPSA) is 73.3 Å². The maximum atomic E-state index is 12.1. The minimum Gasteiger partial charge on any atom is -0.493 e. The van der Waals surface area contributed by atoms with Crippen LogP contribution in [-0.4, -0.2) is 30.3 Å². The van der Waals surface area contributed by atoms with E-state index in [2.05, 4.69) is 15.5 Å². The second kappa shape index (κ2) is 8.46. The molecule has 1 aromatic heterocycles. The van der Waals surface area contributed by atoms with Crippen LogP contribution in [0.5, 0.6) is 11.5 Å². The van der Waals surface area contributed by atoms with E-state index in [-0.39, 0.29) is 5.91 Å². The van der Waals surface area contributed by atoms with Gasteiger partial charge in [-0.05, 0) is 30.7 Å². The first-order valence-corrected chi connectivity index (χ1v) is 9.02. The molecule has 0 aliphatic carbocycles. The summed E-state index contributed by atoms with van der Waals surface area (Å²) < 4.78 is 10.5. The van der Waals surface area contributed by atoms with Gasteiger partial charge in [-0.3, -0.25) is 10.1 Å². The van der Waals surface area contributed by atoms with Crippen molar-refractivity contribution >= 4 is 28.5 Å². The van der Waals surface area contributed by atoms with Gasteiger partial charge in [0.15, 0.2) is 11.5 Å². The SMILES string of the molecule is COc1ccc(C=CC(=O)Nc2nnc(-c3ccc(C)cc3)s2)cc1OC. The Morgan fingerprint density at radius 3 is 2.48 bits per heavy atom. The number of methoxy groups -OCH3 is 2. The summed E-state index contributed by atoms with van der Waals surface area (Å²) in [5.41, 5.74) is 2.97. The van der Waals surface area contributed by atoms with Crippen LogP contribution in [-0.2, 0) is 4.79 Å². The van der Waals surface area contributed by atoms with Crippen LogP contribution in [0, 0.1) is 6.92 Å². The lowest BCUT2D eigenvalue weighted by molar-refractivity contribution is -0.111. The first-order chi connectivity index (χ1) is 13.1. The van der Waals surface area contributed by atoms with Gasteiger partial charge in [0.2, 0.25) is 11.0 Å². The molecule has 2 aromatic carbocycles. The molecule has 3 rings (SSSR count). The number of hydrogen-bond donors (Lipinski definition) is 1. The van der Waals surface area contributed by atoms with Gasteiger partial charge in [-0.15, -0.1) is 10.2 Å². The second-order valence-electron chi connectivity index (χ2n) is 5.72. The molecule has 1 amide bonds. The Morgan fingerprint density at radius 2 is 1.78 bits per heavy atom. The second-order valence-corrected chi connectivity index (χ2v) is 6.69. The van der Waals surface area contributed by atoms with Crippen LogP contribution >= 0.6 is 11.3 Å². The van der Waals surface area contributed by atoms with Crippen LogP contribution in [0.25, 0.3) is 16.6 Å². The number of benzene rings is 2. The monoisotopic (exact) mass is 381 g/mol. The quantitative estimate of drug-likeness (QED) is 0.649. The lowest BCUT2D eigenvalue weighted by Gasteiger charge is -2.07. The summed E-state index contributed by atoms with van der Waals surface area (Å²) in [5.74, 6) is 0.958. The van der Waals surface area contributed by atoms with Crippen LogP contribution in [0.1, 0.15) is 11.1 Å². The predicted octanol–water partition coefficient (Wildman–Crippen LogP) is 4.18. The van der Waals surface area contributed by atoms with Crippen molar-refractivity contribution < 1.29 is 14.3 Å². The minimum absolute atomic E-state index is 0.281. The lowest BCUT2D eigenvalue weighted by Crippen LogP contribution is -2.07. The van der Waals surface area contributed by atoms with Crippen molar-refractivity contribution in [1.82, 2.24) is 10.2 Å². The van der Waals surface area contributed by atoms with Gasteiger partial charge >= 0.3 is 0 Å². The van der Waals surface area contributed by atoms with E-state index in [4.69, 9.17) is 9.47 Å². The van der Waals surface area contributed by atoms with E-state index in [1.807, 2.05) is 37.3 Å². The van der Waals surface area contributed by atoms with Gasteiger partial charge in [0.05, 0.1) is 14.2 Å². The van der Waals surface area contributed by atoms with Crippen LogP contribution < -0.4 is 14.8 Å². The van der Waals surface area contributed by atoms with E-state index in [0.717, 1.165) is 16.1 Å². The molecule has 138 valence electrons. The molecule has 0 aliphatic heterocycles. The zero-order valence-electron chi connectivity index (χ0n) is 15.2. The van der Waals surface area contributed by atoms with Crippen LogP contribution in [0.15, 0.2) is 48.5 Å². The molecular formula is C20H19N3O3S. The normalized spacial score (nSPS) is 10.8. The molecule has 0 saturated carbocycles. The highest BCUT2D eigenvalue weighted by Crippen LogP contribution is 2.28. The van der Waals surface area contributed by atoms with Crippen LogP contribution in [0.4, 0.5) is 5.13 Å². The molecule has 0 unspecified atom stereocenters. The maximum Gasteiger partial charge on any atom is 0.250 e.